The standard InChI is InChI=1S/C18H19N3O2/c1-4-21-17-6-5-12(2)9-15(17)16(20-21)10-13-11-19-8-7-14(13)18(22)23-3/h5-9,11H,4,10H2,1-3H3. The Hall–Kier alpha value is -2.69. The minimum absolute atomic E-state index is 0.349. The molecule has 3 rings (SSSR count). The van der Waals surface area contributed by atoms with Crippen LogP contribution in [0.25, 0.3) is 10.9 Å². The fourth-order valence-corrected chi connectivity index (χ4v) is 2.79. The van der Waals surface area contributed by atoms with Crippen molar-refractivity contribution in [3.63, 3.8) is 0 Å². The summed E-state index contributed by atoms with van der Waals surface area (Å²) < 4.78 is 6.84. The quantitative estimate of drug-likeness (QED) is 0.695. The van der Waals surface area contributed by atoms with Gasteiger partial charge >= 0.3 is 5.97 Å². The molecule has 0 amide bonds. The van der Waals surface area contributed by atoms with Gasteiger partial charge in [-0.3, -0.25) is 9.67 Å². The predicted molar refractivity (Wildman–Crippen MR) is 88.5 cm³/mol. The normalized spacial score (nSPS) is 10.9. The van der Waals surface area contributed by atoms with Gasteiger partial charge in [0.1, 0.15) is 0 Å². The van der Waals surface area contributed by atoms with Crippen molar-refractivity contribution in [3.05, 3.63) is 59.0 Å². The van der Waals surface area contributed by atoms with Crippen molar-refractivity contribution in [2.24, 2.45) is 0 Å². The van der Waals surface area contributed by atoms with Crippen LogP contribution in [0.1, 0.15) is 34.1 Å². The number of rotatable bonds is 4. The van der Waals surface area contributed by atoms with Crippen LogP contribution in [0.3, 0.4) is 0 Å². The number of nitrogens with zero attached hydrogens (tertiary/aromatic N) is 3. The van der Waals surface area contributed by atoms with E-state index in [1.54, 1.807) is 18.5 Å². The number of esters is 1. The van der Waals surface area contributed by atoms with Gasteiger partial charge in [0.05, 0.1) is 23.9 Å². The number of aromatic nitrogens is 3. The number of benzene rings is 1. The second kappa shape index (κ2) is 6.20. The van der Waals surface area contributed by atoms with Crippen LogP contribution in [-0.4, -0.2) is 27.8 Å². The van der Waals surface area contributed by atoms with Crippen LogP contribution < -0.4 is 0 Å². The second-order valence-corrected chi connectivity index (χ2v) is 5.48. The average Bonchev–Trinajstić information content (AvgIpc) is 2.91. The minimum atomic E-state index is -0.349. The maximum atomic E-state index is 11.9. The number of pyridine rings is 1. The van der Waals surface area contributed by atoms with Gasteiger partial charge in [-0.1, -0.05) is 11.6 Å². The molecule has 118 valence electrons. The van der Waals surface area contributed by atoms with E-state index in [4.69, 9.17) is 9.84 Å². The van der Waals surface area contributed by atoms with E-state index in [2.05, 4.69) is 37.0 Å². The van der Waals surface area contributed by atoms with Crippen molar-refractivity contribution in [1.82, 2.24) is 14.8 Å². The molecule has 2 heterocycles. The van der Waals surface area contributed by atoms with Crippen LogP contribution in [0.2, 0.25) is 0 Å². The number of hydrogen-bond donors (Lipinski definition) is 0. The lowest BCUT2D eigenvalue weighted by Gasteiger charge is -2.06. The lowest BCUT2D eigenvalue weighted by molar-refractivity contribution is 0.0599. The van der Waals surface area contributed by atoms with E-state index in [0.717, 1.165) is 28.7 Å². The Morgan fingerprint density at radius 3 is 2.87 bits per heavy atom. The van der Waals surface area contributed by atoms with Crippen LogP contribution in [0.4, 0.5) is 0 Å². The van der Waals surface area contributed by atoms with E-state index in [-0.39, 0.29) is 5.97 Å². The summed E-state index contributed by atoms with van der Waals surface area (Å²) in [7, 11) is 1.39. The molecular weight excluding hydrogens is 290 g/mol. The number of aryl methyl sites for hydroxylation is 2. The summed E-state index contributed by atoms with van der Waals surface area (Å²) in [6.07, 6.45) is 3.85. The third-order valence-electron chi connectivity index (χ3n) is 3.95. The number of carbonyl (C=O) groups excluding carboxylic acids is 1. The third kappa shape index (κ3) is 2.82. The van der Waals surface area contributed by atoms with Crippen LogP contribution >= 0.6 is 0 Å². The van der Waals surface area contributed by atoms with Crippen LogP contribution in [0, 0.1) is 6.92 Å². The molecule has 0 unspecified atom stereocenters. The highest BCUT2D eigenvalue weighted by atomic mass is 16.5. The Bertz CT molecular complexity index is 868. The van der Waals surface area contributed by atoms with Crippen molar-refractivity contribution in [3.8, 4) is 0 Å². The number of carbonyl (C=O) groups is 1. The van der Waals surface area contributed by atoms with Crippen LogP contribution in [0.15, 0.2) is 36.7 Å². The maximum Gasteiger partial charge on any atom is 0.338 e. The molecule has 0 spiro atoms. The zero-order valence-electron chi connectivity index (χ0n) is 13.5. The van der Waals surface area contributed by atoms with Gasteiger partial charge in [-0.05, 0) is 37.6 Å². The summed E-state index contributed by atoms with van der Waals surface area (Å²) in [6.45, 7) is 4.94. The molecule has 5 nitrogen and oxygen atoms in total. The highest BCUT2D eigenvalue weighted by Crippen LogP contribution is 2.23. The Morgan fingerprint density at radius 1 is 1.30 bits per heavy atom. The number of methoxy groups -OCH3 is 1. The van der Waals surface area contributed by atoms with Crippen molar-refractivity contribution >= 4 is 16.9 Å². The zero-order chi connectivity index (χ0) is 16.4. The Kier molecular flexibility index (Phi) is 4.10. The summed E-state index contributed by atoms with van der Waals surface area (Å²) in [4.78, 5) is 16.1. The van der Waals surface area contributed by atoms with Gasteiger partial charge < -0.3 is 4.74 Å². The van der Waals surface area contributed by atoms with Crippen molar-refractivity contribution in [1.29, 1.82) is 0 Å². The molecule has 23 heavy (non-hydrogen) atoms. The average molecular weight is 309 g/mol. The molecule has 2 aromatic heterocycles. The molecule has 0 fully saturated rings. The van der Waals surface area contributed by atoms with E-state index in [1.165, 1.54) is 12.7 Å². The highest BCUT2D eigenvalue weighted by molar-refractivity contribution is 5.91. The molecule has 5 heteroatoms. The van der Waals surface area contributed by atoms with Crippen LogP contribution in [0.5, 0.6) is 0 Å². The molecular formula is C18H19N3O2. The molecule has 0 saturated carbocycles. The van der Waals surface area contributed by atoms with Crippen molar-refractivity contribution < 1.29 is 9.53 Å². The van der Waals surface area contributed by atoms with Crippen molar-refractivity contribution in [2.45, 2.75) is 26.8 Å². The third-order valence-corrected chi connectivity index (χ3v) is 3.95. The van der Waals surface area contributed by atoms with Gasteiger partial charge in [-0.25, -0.2) is 4.79 Å². The molecule has 0 atom stereocenters. The lowest BCUT2D eigenvalue weighted by Crippen LogP contribution is -2.07. The Labute approximate surface area is 134 Å². The Balaban J connectivity index is 2.09. The smallest absolute Gasteiger partial charge is 0.338 e. The van der Waals surface area contributed by atoms with E-state index in [9.17, 15) is 4.79 Å². The van der Waals surface area contributed by atoms with E-state index < -0.39 is 0 Å². The molecule has 0 aliphatic carbocycles. The fourth-order valence-electron chi connectivity index (χ4n) is 2.79. The zero-order valence-corrected chi connectivity index (χ0v) is 13.5. The minimum Gasteiger partial charge on any atom is -0.465 e. The molecule has 0 aliphatic heterocycles. The first-order valence-electron chi connectivity index (χ1n) is 7.61. The summed E-state index contributed by atoms with van der Waals surface area (Å²) in [5, 5.41) is 5.82. The molecule has 0 aliphatic rings. The summed E-state index contributed by atoms with van der Waals surface area (Å²) in [5.41, 5.74) is 4.60. The molecule has 0 radical (unpaired) electrons. The molecule has 0 saturated heterocycles. The van der Waals surface area contributed by atoms with Gasteiger partial charge in [0, 0.05) is 30.7 Å². The summed E-state index contributed by atoms with van der Waals surface area (Å²) in [6, 6.07) is 8.00. The molecule has 3 aromatic rings. The first kappa shape index (κ1) is 15.2. The van der Waals surface area contributed by atoms with E-state index >= 15 is 0 Å². The first-order chi connectivity index (χ1) is 11.1. The maximum absolute atomic E-state index is 11.9. The van der Waals surface area contributed by atoms with Crippen LogP contribution in [-0.2, 0) is 17.7 Å². The van der Waals surface area contributed by atoms with Gasteiger partial charge in [-0.2, -0.15) is 5.10 Å². The van der Waals surface area contributed by atoms with E-state index in [0.29, 0.717) is 12.0 Å². The Morgan fingerprint density at radius 2 is 2.13 bits per heavy atom. The predicted octanol–water partition coefficient (Wildman–Crippen LogP) is 3.14. The van der Waals surface area contributed by atoms with Gasteiger partial charge in [0.15, 0.2) is 0 Å². The number of fused-ring (bicyclic) bond motifs is 1. The fraction of sp³-hybridized carbons (Fsp3) is 0.278. The second-order valence-electron chi connectivity index (χ2n) is 5.48. The van der Waals surface area contributed by atoms with Gasteiger partial charge in [0.25, 0.3) is 0 Å². The summed E-state index contributed by atoms with van der Waals surface area (Å²) in [5.74, 6) is -0.349. The number of hydrogen-bond acceptors (Lipinski definition) is 4. The van der Waals surface area contributed by atoms with Gasteiger partial charge in [0.2, 0.25) is 0 Å². The topological polar surface area (TPSA) is 57.0 Å². The van der Waals surface area contributed by atoms with Gasteiger partial charge in [-0.15, -0.1) is 0 Å². The SMILES string of the molecule is CCn1nc(Cc2cnccc2C(=O)OC)c2cc(C)ccc21. The monoisotopic (exact) mass is 309 g/mol. The molecule has 1 aromatic carbocycles. The summed E-state index contributed by atoms with van der Waals surface area (Å²) >= 11 is 0. The first-order valence-corrected chi connectivity index (χ1v) is 7.61. The van der Waals surface area contributed by atoms with Crippen molar-refractivity contribution in [2.75, 3.05) is 7.11 Å². The largest absolute Gasteiger partial charge is 0.465 e. The number of ether oxygens (including phenoxy) is 1. The molecule has 0 N–H and O–H groups in total. The highest BCUT2D eigenvalue weighted by Gasteiger charge is 2.16. The molecule has 0 bridgehead atoms. The lowest BCUT2D eigenvalue weighted by atomic mass is 10.0. The van der Waals surface area contributed by atoms with E-state index in [1.807, 2.05) is 4.68 Å².